The number of hydrogen-bond donors (Lipinski definition) is 1. The highest BCUT2D eigenvalue weighted by Crippen LogP contribution is 2.23. The summed E-state index contributed by atoms with van der Waals surface area (Å²) < 4.78 is 0. The lowest BCUT2D eigenvalue weighted by atomic mass is 10.1. The number of likely N-dealkylation sites (tertiary alicyclic amines) is 2. The fourth-order valence-corrected chi connectivity index (χ4v) is 3.63. The number of nitrogens with zero attached hydrogens (tertiary/aromatic N) is 2. The van der Waals surface area contributed by atoms with E-state index in [4.69, 9.17) is 0 Å². The Morgan fingerprint density at radius 1 is 0.812 bits per heavy atom. The van der Waals surface area contributed by atoms with Crippen LogP contribution in [0.5, 0.6) is 0 Å². The average molecular weight is 223 g/mol. The summed E-state index contributed by atoms with van der Waals surface area (Å²) in [5, 5.41) is 3.49. The van der Waals surface area contributed by atoms with Gasteiger partial charge in [-0.25, -0.2) is 0 Å². The SMILES string of the molecule is C1CCN(C2CCN(C3CCNC3)C2)CC1. The second-order valence-corrected chi connectivity index (χ2v) is 5.68. The Bertz CT molecular complexity index is 219. The van der Waals surface area contributed by atoms with Gasteiger partial charge in [-0.3, -0.25) is 9.80 Å². The molecule has 0 aromatic rings. The molecule has 3 rings (SSSR count). The van der Waals surface area contributed by atoms with Crippen molar-refractivity contribution in [2.75, 3.05) is 39.3 Å². The molecular formula is C13H25N3. The molecule has 0 spiro atoms. The molecule has 3 aliphatic heterocycles. The molecule has 3 saturated heterocycles. The van der Waals surface area contributed by atoms with Gasteiger partial charge in [0.2, 0.25) is 0 Å². The van der Waals surface area contributed by atoms with E-state index in [0.717, 1.165) is 12.1 Å². The van der Waals surface area contributed by atoms with Crippen LogP contribution in [0.2, 0.25) is 0 Å². The van der Waals surface area contributed by atoms with Crippen molar-refractivity contribution in [3.63, 3.8) is 0 Å². The quantitative estimate of drug-likeness (QED) is 0.751. The zero-order valence-corrected chi connectivity index (χ0v) is 10.3. The molecule has 0 amide bonds. The molecule has 0 bridgehead atoms. The first-order chi connectivity index (χ1) is 7.93. The monoisotopic (exact) mass is 223 g/mol. The van der Waals surface area contributed by atoms with E-state index >= 15 is 0 Å². The second kappa shape index (κ2) is 5.03. The third kappa shape index (κ3) is 2.27. The Kier molecular flexibility index (Phi) is 3.46. The zero-order chi connectivity index (χ0) is 10.8. The molecule has 3 aliphatic rings. The maximum atomic E-state index is 3.49. The number of piperidine rings is 1. The van der Waals surface area contributed by atoms with Gasteiger partial charge in [-0.2, -0.15) is 0 Å². The Hall–Kier alpha value is -0.120. The lowest BCUT2D eigenvalue weighted by molar-refractivity contribution is 0.154. The van der Waals surface area contributed by atoms with Gasteiger partial charge >= 0.3 is 0 Å². The Labute approximate surface area is 99.2 Å². The third-order valence-electron chi connectivity index (χ3n) is 4.65. The standard InChI is InChI=1S/C13H25N3/c1-2-7-15(8-3-1)13-5-9-16(11-13)12-4-6-14-10-12/h12-14H,1-11H2. The van der Waals surface area contributed by atoms with E-state index in [2.05, 4.69) is 15.1 Å². The number of hydrogen-bond acceptors (Lipinski definition) is 3. The predicted molar refractivity (Wildman–Crippen MR) is 66.7 cm³/mol. The summed E-state index contributed by atoms with van der Waals surface area (Å²) in [7, 11) is 0. The number of nitrogens with one attached hydrogen (secondary N) is 1. The maximum Gasteiger partial charge on any atom is 0.0235 e. The topological polar surface area (TPSA) is 18.5 Å². The Balaban J connectivity index is 1.51. The van der Waals surface area contributed by atoms with Crippen LogP contribution in [0.4, 0.5) is 0 Å². The largest absolute Gasteiger partial charge is 0.315 e. The minimum atomic E-state index is 0.842. The summed E-state index contributed by atoms with van der Waals surface area (Å²) in [5.41, 5.74) is 0. The van der Waals surface area contributed by atoms with Crippen LogP contribution in [0.1, 0.15) is 32.1 Å². The molecule has 0 aromatic carbocycles. The van der Waals surface area contributed by atoms with E-state index < -0.39 is 0 Å². The molecule has 2 unspecified atom stereocenters. The molecule has 16 heavy (non-hydrogen) atoms. The summed E-state index contributed by atoms with van der Waals surface area (Å²) in [6, 6.07) is 1.72. The van der Waals surface area contributed by atoms with Gasteiger partial charge in [0, 0.05) is 31.7 Å². The van der Waals surface area contributed by atoms with Gasteiger partial charge in [-0.05, 0) is 45.3 Å². The average Bonchev–Trinajstić information content (AvgIpc) is 3.01. The van der Waals surface area contributed by atoms with Crippen molar-refractivity contribution in [1.82, 2.24) is 15.1 Å². The van der Waals surface area contributed by atoms with Crippen molar-refractivity contribution in [2.45, 2.75) is 44.2 Å². The minimum Gasteiger partial charge on any atom is -0.315 e. The highest BCUT2D eigenvalue weighted by Gasteiger charge is 2.32. The smallest absolute Gasteiger partial charge is 0.0235 e. The zero-order valence-electron chi connectivity index (χ0n) is 10.3. The van der Waals surface area contributed by atoms with Gasteiger partial charge in [0.15, 0.2) is 0 Å². The van der Waals surface area contributed by atoms with Crippen LogP contribution in [0.25, 0.3) is 0 Å². The summed E-state index contributed by atoms with van der Waals surface area (Å²) >= 11 is 0. The molecule has 3 nitrogen and oxygen atoms in total. The van der Waals surface area contributed by atoms with Crippen LogP contribution >= 0.6 is 0 Å². The summed E-state index contributed by atoms with van der Waals surface area (Å²) in [5.74, 6) is 0. The van der Waals surface area contributed by atoms with Crippen LogP contribution in [-0.2, 0) is 0 Å². The van der Waals surface area contributed by atoms with Crippen molar-refractivity contribution in [2.24, 2.45) is 0 Å². The van der Waals surface area contributed by atoms with Crippen molar-refractivity contribution in [3.05, 3.63) is 0 Å². The van der Waals surface area contributed by atoms with Gasteiger partial charge < -0.3 is 5.32 Å². The highest BCUT2D eigenvalue weighted by molar-refractivity contribution is 4.90. The lowest BCUT2D eigenvalue weighted by Crippen LogP contribution is -2.42. The van der Waals surface area contributed by atoms with Crippen LogP contribution in [0.15, 0.2) is 0 Å². The third-order valence-corrected chi connectivity index (χ3v) is 4.65. The van der Waals surface area contributed by atoms with E-state index in [0.29, 0.717) is 0 Å². The predicted octanol–water partition coefficient (Wildman–Crippen LogP) is 0.909. The molecule has 0 aliphatic carbocycles. The first-order valence-corrected chi connectivity index (χ1v) is 7.12. The highest BCUT2D eigenvalue weighted by atomic mass is 15.3. The van der Waals surface area contributed by atoms with Crippen LogP contribution in [0.3, 0.4) is 0 Å². The van der Waals surface area contributed by atoms with Crippen LogP contribution in [-0.4, -0.2) is 61.2 Å². The molecule has 92 valence electrons. The van der Waals surface area contributed by atoms with Gasteiger partial charge in [-0.1, -0.05) is 6.42 Å². The summed E-state index contributed by atoms with van der Waals surface area (Å²) in [4.78, 5) is 5.49. The van der Waals surface area contributed by atoms with Crippen molar-refractivity contribution in [1.29, 1.82) is 0 Å². The van der Waals surface area contributed by atoms with Gasteiger partial charge in [0.25, 0.3) is 0 Å². The molecule has 3 heteroatoms. The minimum absolute atomic E-state index is 0.842. The second-order valence-electron chi connectivity index (χ2n) is 5.68. The Morgan fingerprint density at radius 2 is 1.69 bits per heavy atom. The molecule has 1 N–H and O–H groups in total. The van der Waals surface area contributed by atoms with Crippen molar-refractivity contribution >= 4 is 0 Å². The Morgan fingerprint density at radius 3 is 2.44 bits per heavy atom. The van der Waals surface area contributed by atoms with Crippen LogP contribution < -0.4 is 5.32 Å². The van der Waals surface area contributed by atoms with Crippen molar-refractivity contribution < 1.29 is 0 Å². The van der Waals surface area contributed by atoms with Crippen LogP contribution in [0, 0.1) is 0 Å². The lowest BCUT2D eigenvalue weighted by Gasteiger charge is -2.32. The number of rotatable bonds is 2. The van der Waals surface area contributed by atoms with Gasteiger partial charge in [0.05, 0.1) is 0 Å². The maximum absolute atomic E-state index is 3.49. The molecule has 0 aromatic heterocycles. The molecule has 0 saturated carbocycles. The molecular weight excluding hydrogens is 198 g/mol. The van der Waals surface area contributed by atoms with E-state index in [1.54, 1.807) is 0 Å². The fourth-order valence-electron chi connectivity index (χ4n) is 3.63. The molecule has 2 atom stereocenters. The fraction of sp³-hybridized carbons (Fsp3) is 1.00. The summed E-state index contributed by atoms with van der Waals surface area (Å²) in [6.07, 6.45) is 7.10. The van der Waals surface area contributed by atoms with Gasteiger partial charge in [0.1, 0.15) is 0 Å². The normalized spacial score (nSPS) is 38.2. The van der Waals surface area contributed by atoms with Crippen molar-refractivity contribution in [3.8, 4) is 0 Å². The van der Waals surface area contributed by atoms with E-state index in [-0.39, 0.29) is 0 Å². The summed E-state index contributed by atoms with van der Waals surface area (Å²) in [6.45, 7) is 7.87. The molecule has 0 radical (unpaired) electrons. The van der Waals surface area contributed by atoms with Gasteiger partial charge in [-0.15, -0.1) is 0 Å². The van der Waals surface area contributed by atoms with E-state index in [9.17, 15) is 0 Å². The molecule has 3 heterocycles. The molecule has 3 fully saturated rings. The van der Waals surface area contributed by atoms with E-state index in [1.807, 2.05) is 0 Å². The van der Waals surface area contributed by atoms with E-state index in [1.165, 1.54) is 71.4 Å². The first kappa shape index (κ1) is 11.0. The first-order valence-electron chi connectivity index (χ1n) is 7.12.